The van der Waals surface area contributed by atoms with Crippen LogP contribution in [0.25, 0.3) is 5.76 Å². The van der Waals surface area contributed by atoms with Crippen LogP contribution in [-0.2, 0) is 14.3 Å². The van der Waals surface area contributed by atoms with Crippen molar-refractivity contribution in [2.75, 3.05) is 18.1 Å². The van der Waals surface area contributed by atoms with Crippen LogP contribution in [0.1, 0.15) is 66.1 Å². The van der Waals surface area contributed by atoms with Gasteiger partial charge in [-0.2, -0.15) is 0 Å². The third kappa shape index (κ3) is 6.28. The normalized spacial score (nSPS) is 16.6. The molecule has 0 bridgehead atoms. The molecular weight excluding hydrogens is 596 g/mol. The average molecular weight is 628 g/mol. The molecule has 1 fully saturated rings. The molecule has 0 spiro atoms. The number of benzene rings is 2. The molecule has 3 aromatic rings. The number of thiazole rings is 1. The number of carbonyl (C=O) groups is 3. The van der Waals surface area contributed by atoms with E-state index in [0.29, 0.717) is 29.2 Å². The van der Waals surface area contributed by atoms with Crippen LogP contribution < -0.4 is 9.64 Å². The molecule has 4 rings (SSSR count). The van der Waals surface area contributed by atoms with Crippen molar-refractivity contribution in [3.05, 3.63) is 80.3 Å². The number of hydrogen-bond acceptors (Lipinski definition) is 8. The Hall–Kier alpha value is -3.50. The Morgan fingerprint density at radius 2 is 1.80 bits per heavy atom. The van der Waals surface area contributed by atoms with Crippen molar-refractivity contribution >= 4 is 55.8 Å². The number of amides is 1. The number of ketones is 1. The molecule has 8 nitrogen and oxygen atoms in total. The Bertz CT molecular complexity index is 1430. The Labute approximate surface area is 245 Å². The first kappa shape index (κ1) is 29.5. The second-order valence-corrected chi connectivity index (χ2v) is 11.7. The number of aliphatic hydroxyl groups excluding tert-OH is 1. The van der Waals surface area contributed by atoms with Gasteiger partial charge in [0.05, 0.1) is 30.5 Å². The molecule has 10 heteroatoms. The summed E-state index contributed by atoms with van der Waals surface area (Å²) < 4.78 is 11.9. The maximum Gasteiger partial charge on any atom is 0.350 e. The number of Topliss-reactive ketones (excluding diaryl/α,β-unsaturated/α-hetero) is 1. The van der Waals surface area contributed by atoms with Crippen LogP contribution in [0, 0.1) is 12.8 Å². The fraction of sp³-hybridized carbons (Fsp3) is 0.333. The molecule has 1 amide bonds. The molecule has 1 unspecified atom stereocenters. The zero-order valence-corrected chi connectivity index (χ0v) is 25.2. The Balaban J connectivity index is 1.77. The van der Waals surface area contributed by atoms with Crippen LogP contribution >= 0.6 is 27.3 Å². The van der Waals surface area contributed by atoms with Gasteiger partial charge in [-0.05, 0) is 61.2 Å². The van der Waals surface area contributed by atoms with Crippen molar-refractivity contribution in [3.8, 4) is 5.75 Å². The minimum atomic E-state index is -0.960. The number of rotatable bonds is 10. The number of unbranched alkanes of at least 4 members (excludes halogenated alkanes) is 1. The minimum Gasteiger partial charge on any atom is -0.507 e. The average Bonchev–Trinajstić information content (AvgIpc) is 3.44. The standard InChI is InChI=1S/C30H31BrN2O6S/c1-5-6-15-38-22-13-9-20(10-14-22)25(34)23-24(19-7-11-21(31)12-8-19)33(28(36)26(23)35)30-32-18(4)27(40-30)29(37)39-16-17(2)3/h7-14,17,24,34H,5-6,15-16H2,1-4H3/b25-23-. The third-order valence-electron chi connectivity index (χ3n) is 6.25. The second-order valence-electron chi connectivity index (χ2n) is 9.85. The maximum absolute atomic E-state index is 13.5. The van der Waals surface area contributed by atoms with Gasteiger partial charge in [-0.1, -0.05) is 66.6 Å². The number of aliphatic hydroxyl groups is 1. The molecule has 1 aliphatic heterocycles. The zero-order valence-electron chi connectivity index (χ0n) is 22.8. The first-order chi connectivity index (χ1) is 19.1. The molecule has 1 saturated heterocycles. The van der Waals surface area contributed by atoms with E-state index in [9.17, 15) is 19.5 Å². The van der Waals surface area contributed by atoms with Crippen LogP contribution in [0.2, 0.25) is 0 Å². The van der Waals surface area contributed by atoms with E-state index in [1.54, 1.807) is 55.5 Å². The lowest BCUT2D eigenvalue weighted by Gasteiger charge is -2.23. The summed E-state index contributed by atoms with van der Waals surface area (Å²) in [7, 11) is 0. The molecule has 2 heterocycles. The maximum atomic E-state index is 13.5. The van der Waals surface area contributed by atoms with Gasteiger partial charge in [0.25, 0.3) is 5.78 Å². The van der Waals surface area contributed by atoms with Crippen LogP contribution in [0.5, 0.6) is 5.75 Å². The van der Waals surface area contributed by atoms with Gasteiger partial charge >= 0.3 is 11.9 Å². The molecular formula is C30H31BrN2O6S. The Kier molecular flexibility index (Phi) is 9.42. The van der Waals surface area contributed by atoms with Crippen LogP contribution in [0.15, 0.2) is 58.6 Å². The fourth-order valence-corrected chi connectivity index (χ4v) is 5.42. The number of anilines is 1. The predicted octanol–water partition coefficient (Wildman–Crippen LogP) is 6.83. The van der Waals surface area contributed by atoms with Gasteiger partial charge in [0.2, 0.25) is 0 Å². The van der Waals surface area contributed by atoms with Gasteiger partial charge < -0.3 is 14.6 Å². The lowest BCUT2D eigenvalue weighted by Crippen LogP contribution is -2.29. The number of aryl methyl sites for hydroxylation is 1. The number of esters is 1. The van der Waals surface area contributed by atoms with E-state index in [0.717, 1.165) is 28.7 Å². The molecule has 0 aliphatic carbocycles. The number of ether oxygens (including phenoxy) is 2. The molecule has 1 aliphatic rings. The van der Waals surface area contributed by atoms with Crippen molar-refractivity contribution in [2.45, 2.75) is 46.6 Å². The van der Waals surface area contributed by atoms with Crippen molar-refractivity contribution in [2.24, 2.45) is 5.92 Å². The molecule has 1 N–H and O–H groups in total. The van der Waals surface area contributed by atoms with E-state index in [4.69, 9.17) is 9.47 Å². The lowest BCUT2D eigenvalue weighted by atomic mass is 9.95. The van der Waals surface area contributed by atoms with E-state index in [2.05, 4.69) is 27.8 Å². The van der Waals surface area contributed by atoms with E-state index in [1.807, 2.05) is 13.8 Å². The number of carbonyl (C=O) groups excluding carboxylic acids is 3. The highest BCUT2D eigenvalue weighted by atomic mass is 79.9. The summed E-state index contributed by atoms with van der Waals surface area (Å²) in [5, 5.41) is 11.5. The van der Waals surface area contributed by atoms with Crippen LogP contribution in [-0.4, -0.2) is 41.0 Å². The Morgan fingerprint density at radius 3 is 2.42 bits per heavy atom. The molecule has 40 heavy (non-hydrogen) atoms. The number of nitrogens with zero attached hydrogens (tertiary/aromatic N) is 2. The minimum absolute atomic E-state index is 0.0660. The Morgan fingerprint density at radius 1 is 1.12 bits per heavy atom. The lowest BCUT2D eigenvalue weighted by molar-refractivity contribution is -0.132. The zero-order chi connectivity index (χ0) is 29.0. The summed E-state index contributed by atoms with van der Waals surface area (Å²) in [6.45, 7) is 8.43. The molecule has 210 valence electrons. The number of halogens is 1. The van der Waals surface area contributed by atoms with Crippen molar-refractivity contribution in [1.29, 1.82) is 0 Å². The third-order valence-corrected chi connectivity index (χ3v) is 7.91. The van der Waals surface area contributed by atoms with Gasteiger partial charge in [0.15, 0.2) is 5.13 Å². The highest BCUT2D eigenvalue weighted by molar-refractivity contribution is 9.10. The molecule has 2 aromatic carbocycles. The quantitative estimate of drug-likeness (QED) is 0.0864. The van der Waals surface area contributed by atoms with Gasteiger partial charge in [-0.25, -0.2) is 9.78 Å². The second kappa shape index (κ2) is 12.8. The van der Waals surface area contributed by atoms with E-state index in [-0.39, 0.29) is 33.9 Å². The summed E-state index contributed by atoms with van der Waals surface area (Å²) >= 11 is 4.40. The highest BCUT2D eigenvalue weighted by Crippen LogP contribution is 2.44. The summed E-state index contributed by atoms with van der Waals surface area (Å²) in [5.41, 5.74) is 1.30. The summed E-state index contributed by atoms with van der Waals surface area (Å²) in [4.78, 5) is 45.6. The van der Waals surface area contributed by atoms with Crippen LogP contribution in [0.4, 0.5) is 5.13 Å². The topological polar surface area (TPSA) is 106 Å². The summed E-state index contributed by atoms with van der Waals surface area (Å²) in [5.74, 6) is -1.73. The molecule has 1 atom stereocenters. The SMILES string of the molecule is CCCCOc1ccc(/C(O)=C2/C(=O)C(=O)N(c3nc(C)c(C(=O)OCC(C)C)s3)C2c2ccc(Br)cc2)cc1. The number of aromatic nitrogens is 1. The van der Waals surface area contributed by atoms with Gasteiger partial charge in [-0.15, -0.1) is 0 Å². The highest BCUT2D eigenvalue weighted by Gasteiger charge is 2.48. The first-order valence-electron chi connectivity index (χ1n) is 13.1. The van der Waals surface area contributed by atoms with Gasteiger partial charge in [0.1, 0.15) is 16.4 Å². The van der Waals surface area contributed by atoms with Crippen molar-refractivity contribution in [3.63, 3.8) is 0 Å². The first-order valence-corrected chi connectivity index (χ1v) is 14.7. The predicted molar refractivity (Wildman–Crippen MR) is 158 cm³/mol. The van der Waals surface area contributed by atoms with Crippen molar-refractivity contribution < 1.29 is 29.0 Å². The number of hydrogen-bond donors (Lipinski definition) is 1. The van der Waals surface area contributed by atoms with Gasteiger partial charge in [-0.3, -0.25) is 14.5 Å². The molecule has 0 radical (unpaired) electrons. The van der Waals surface area contributed by atoms with E-state index < -0.39 is 23.7 Å². The monoisotopic (exact) mass is 626 g/mol. The molecule has 0 saturated carbocycles. The van der Waals surface area contributed by atoms with Gasteiger partial charge in [0, 0.05) is 10.0 Å². The smallest absolute Gasteiger partial charge is 0.350 e. The van der Waals surface area contributed by atoms with E-state index >= 15 is 0 Å². The summed E-state index contributed by atoms with van der Waals surface area (Å²) in [6.07, 6.45) is 1.93. The van der Waals surface area contributed by atoms with Crippen molar-refractivity contribution in [1.82, 2.24) is 4.98 Å². The summed E-state index contributed by atoms with van der Waals surface area (Å²) in [6, 6.07) is 12.9. The fourth-order valence-electron chi connectivity index (χ4n) is 4.17. The largest absolute Gasteiger partial charge is 0.507 e. The van der Waals surface area contributed by atoms with E-state index in [1.165, 1.54) is 4.90 Å². The molecule has 1 aromatic heterocycles. The van der Waals surface area contributed by atoms with Crippen LogP contribution in [0.3, 0.4) is 0 Å².